The Hall–Kier alpha value is -4.08. The number of hydrogen-bond acceptors (Lipinski definition) is 4. The minimum absolute atomic E-state index is 0.153. The first kappa shape index (κ1) is 30.4. The maximum absolute atomic E-state index is 15.6. The number of carbonyl (C=O) groups excluding carboxylic acids is 3. The third kappa shape index (κ3) is 6.78. The van der Waals surface area contributed by atoms with Crippen molar-refractivity contribution in [1.82, 2.24) is 9.80 Å². The van der Waals surface area contributed by atoms with Crippen LogP contribution in [-0.4, -0.2) is 73.2 Å². The van der Waals surface area contributed by atoms with Crippen molar-refractivity contribution >= 4 is 46.3 Å². The molecule has 0 saturated carbocycles. The third-order valence-corrected chi connectivity index (χ3v) is 8.26. The fraction of sp³-hybridized carbons (Fsp3) is 0.303. The van der Waals surface area contributed by atoms with Gasteiger partial charge in [-0.3, -0.25) is 14.4 Å². The third-order valence-electron chi connectivity index (χ3n) is 8.02. The molecule has 3 aromatic carbocycles. The second kappa shape index (κ2) is 12.7. The fourth-order valence-electron chi connectivity index (χ4n) is 5.54. The summed E-state index contributed by atoms with van der Waals surface area (Å²) in [7, 11) is 3.99. The van der Waals surface area contributed by atoms with E-state index in [4.69, 9.17) is 11.6 Å². The Morgan fingerprint density at radius 1 is 0.930 bits per heavy atom. The van der Waals surface area contributed by atoms with Crippen molar-refractivity contribution in [2.24, 2.45) is 0 Å². The van der Waals surface area contributed by atoms with E-state index < -0.39 is 24.2 Å². The number of hydrogen-bond donors (Lipinski definition) is 1. The highest BCUT2D eigenvalue weighted by Crippen LogP contribution is 2.43. The highest BCUT2D eigenvalue weighted by molar-refractivity contribution is 6.31. The molecule has 2 aliphatic rings. The number of likely N-dealkylation sites (tertiary alicyclic amines) is 1. The first-order valence-corrected chi connectivity index (χ1v) is 14.5. The maximum atomic E-state index is 15.6. The molecule has 10 heteroatoms. The van der Waals surface area contributed by atoms with Gasteiger partial charge in [0.2, 0.25) is 5.91 Å². The molecule has 3 aromatic rings. The van der Waals surface area contributed by atoms with Gasteiger partial charge in [0, 0.05) is 71.1 Å². The van der Waals surface area contributed by atoms with Crippen molar-refractivity contribution in [3.8, 4) is 0 Å². The topological polar surface area (TPSA) is 73.0 Å². The highest BCUT2D eigenvalue weighted by atomic mass is 35.5. The molecule has 0 atom stereocenters. The largest absolute Gasteiger partial charge is 0.339 e. The van der Waals surface area contributed by atoms with Gasteiger partial charge in [-0.1, -0.05) is 35.9 Å². The van der Waals surface area contributed by atoms with E-state index in [0.29, 0.717) is 41.1 Å². The van der Waals surface area contributed by atoms with Crippen molar-refractivity contribution < 1.29 is 23.2 Å². The quantitative estimate of drug-likeness (QED) is 0.350. The molecule has 1 N–H and O–H groups in total. The van der Waals surface area contributed by atoms with Crippen LogP contribution < -0.4 is 10.2 Å². The van der Waals surface area contributed by atoms with Gasteiger partial charge in [0.05, 0.1) is 5.69 Å². The molecule has 5 rings (SSSR count). The second-order valence-electron chi connectivity index (χ2n) is 11.0. The predicted molar refractivity (Wildman–Crippen MR) is 165 cm³/mol. The van der Waals surface area contributed by atoms with Gasteiger partial charge in [-0.05, 0) is 75.5 Å². The molecule has 224 valence electrons. The fourth-order valence-corrected chi connectivity index (χ4v) is 5.73. The van der Waals surface area contributed by atoms with Crippen LogP contribution in [0.5, 0.6) is 0 Å². The molecule has 2 heterocycles. The van der Waals surface area contributed by atoms with Crippen LogP contribution in [0.4, 0.5) is 20.2 Å². The van der Waals surface area contributed by atoms with E-state index in [9.17, 15) is 14.4 Å². The van der Waals surface area contributed by atoms with Crippen molar-refractivity contribution in [2.75, 3.05) is 43.9 Å². The number of benzene rings is 3. The van der Waals surface area contributed by atoms with E-state index in [2.05, 4.69) is 10.2 Å². The summed E-state index contributed by atoms with van der Waals surface area (Å²) in [4.78, 5) is 44.5. The number of nitrogens with one attached hydrogen (secondary N) is 1. The first-order valence-electron chi connectivity index (χ1n) is 14.2. The van der Waals surface area contributed by atoms with Crippen LogP contribution in [0.15, 0.2) is 78.9 Å². The number of para-hydroxylation sites is 1. The zero-order valence-corrected chi connectivity index (χ0v) is 24.8. The molecule has 0 spiro atoms. The van der Waals surface area contributed by atoms with Gasteiger partial charge in [-0.2, -0.15) is 0 Å². The Balaban J connectivity index is 1.37. The van der Waals surface area contributed by atoms with Gasteiger partial charge in [-0.15, -0.1) is 0 Å². The first-order chi connectivity index (χ1) is 20.5. The summed E-state index contributed by atoms with van der Waals surface area (Å²) in [6.07, 6.45) is 1.98. The van der Waals surface area contributed by atoms with E-state index in [1.165, 1.54) is 11.0 Å². The van der Waals surface area contributed by atoms with E-state index in [0.717, 1.165) is 18.9 Å². The normalized spacial score (nSPS) is 17.9. The van der Waals surface area contributed by atoms with Crippen LogP contribution in [0.1, 0.15) is 45.5 Å². The van der Waals surface area contributed by atoms with Crippen LogP contribution in [-0.2, 0) is 4.79 Å². The van der Waals surface area contributed by atoms with Gasteiger partial charge in [0.1, 0.15) is 0 Å². The number of fused-ring (bicyclic) bond motifs is 1. The van der Waals surface area contributed by atoms with Gasteiger partial charge >= 0.3 is 0 Å². The van der Waals surface area contributed by atoms with Crippen molar-refractivity contribution in [2.45, 2.75) is 31.2 Å². The van der Waals surface area contributed by atoms with Gasteiger partial charge in [0.15, 0.2) is 0 Å². The molecule has 0 radical (unpaired) electrons. The molecule has 1 fully saturated rings. The van der Waals surface area contributed by atoms with Gasteiger partial charge in [0.25, 0.3) is 17.7 Å². The summed E-state index contributed by atoms with van der Waals surface area (Å²) in [6, 6.07) is 19.6. The molecular weight excluding hydrogens is 574 g/mol. The molecular formula is C33H33ClF2N4O3. The SMILES string of the molecule is CN(C)C1CCN(C(=O)C=C2c3ccccc3N(C(=O)c3ccc(NC(=O)c4cccc(Cl)c4)cc3)CCC2(F)F)CC1. The summed E-state index contributed by atoms with van der Waals surface area (Å²) in [6.45, 7) is 0.757. The van der Waals surface area contributed by atoms with Gasteiger partial charge in [-0.25, -0.2) is 8.78 Å². The minimum atomic E-state index is -3.32. The summed E-state index contributed by atoms with van der Waals surface area (Å²) >= 11 is 5.98. The van der Waals surface area contributed by atoms with Crippen LogP contribution in [0, 0.1) is 0 Å². The monoisotopic (exact) mass is 606 g/mol. The number of halogens is 3. The Morgan fingerprint density at radius 2 is 1.63 bits per heavy atom. The van der Waals surface area contributed by atoms with E-state index >= 15 is 8.78 Å². The number of nitrogens with zero attached hydrogens (tertiary/aromatic N) is 3. The molecule has 43 heavy (non-hydrogen) atoms. The van der Waals surface area contributed by atoms with Crippen molar-refractivity contribution in [3.63, 3.8) is 0 Å². The number of amides is 3. The minimum Gasteiger partial charge on any atom is -0.339 e. The van der Waals surface area contributed by atoms with E-state index in [-0.39, 0.29) is 29.2 Å². The Bertz CT molecular complexity index is 1550. The number of anilines is 2. The summed E-state index contributed by atoms with van der Waals surface area (Å²) < 4.78 is 31.3. The van der Waals surface area contributed by atoms with Crippen LogP contribution >= 0.6 is 11.6 Å². The smallest absolute Gasteiger partial charge is 0.275 e. The van der Waals surface area contributed by atoms with Crippen LogP contribution in [0.25, 0.3) is 5.57 Å². The Kier molecular flexibility index (Phi) is 8.94. The average Bonchev–Trinajstić information content (AvgIpc) is 3.10. The summed E-state index contributed by atoms with van der Waals surface area (Å²) in [5.41, 5.74) is 1.20. The molecule has 0 aromatic heterocycles. The van der Waals surface area contributed by atoms with Crippen molar-refractivity contribution in [3.05, 3.63) is 101 Å². The Labute approximate surface area is 254 Å². The second-order valence-corrected chi connectivity index (χ2v) is 11.5. The van der Waals surface area contributed by atoms with E-state index in [1.54, 1.807) is 71.6 Å². The molecule has 1 saturated heterocycles. The zero-order chi connectivity index (χ0) is 30.7. The lowest BCUT2D eigenvalue weighted by atomic mass is 9.96. The molecule has 0 bridgehead atoms. The standard InChI is InChI=1S/C33H33ClF2N4O3/c1-38(2)26-14-17-39(18-15-26)30(41)21-28-27-8-3-4-9-29(27)40(19-16-33(28,35)36)32(43)22-10-12-25(13-11-22)37-31(42)23-6-5-7-24(34)20-23/h3-13,20-21,26H,14-19H2,1-2H3,(H,37,42). The average molecular weight is 607 g/mol. The van der Waals surface area contributed by atoms with Gasteiger partial charge < -0.3 is 20.0 Å². The van der Waals surface area contributed by atoms with E-state index in [1.807, 2.05) is 14.1 Å². The van der Waals surface area contributed by atoms with Crippen molar-refractivity contribution in [1.29, 1.82) is 0 Å². The molecule has 2 aliphatic heterocycles. The number of carbonyl (C=O) groups is 3. The molecule has 0 aliphatic carbocycles. The zero-order valence-electron chi connectivity index (χ0n) is 24.0. The number of allylic oxidation sites excluding steroid dienone is 1. The number of alkyl halides is 2. The number of piperidine rings is 1. The van der Waals surface area contributed by atoms with Crippen LogP contribution in [0.2, 0.25) is 5.02 Å². The lowest BCUT2D eigenvalue weighted by Gasteiger charge is -2.35. The predicted octanol–water partition coefficient (Wildman–Crippen LogP) is 6.21. The molecule has 3 amide bonds. The van der Waals surface area contributed by atoms with Crippen LogP contribution in [0.3, 0.4) is 0 Å². The Morgan fingerprint density at radius 3 is 2.30 bits per heavy atom. The molecule has 7 nitrogen and oxygen atoms in total. The molecule has 0 unspecified atom stereocenters. The number of rotatable bonds is 5. The summed E-state index contributed by atoms with van der Waals surface area (Å²) in [5.74, 6) is -4.59. The maximum Gasteiger partial charge on any atom is 0.275 e. The summed E-state index contributed by atoms with van der Waals surface area (Å²) in [5, 5.41) is 3.19. The lowest BCUT2D eigenvalue weighted by molar-refractivity contribution is -0.127. The lowest BCUT2D eigenvalue weighted by Crippen LogP contribution is -2.44. The highest BCUT2D eigenvalue weighted by Gasteiger charge is 2.42.